The number of nitrogens with zero attached hydrogens (tertiary/aromatic N) is 4. The van der Waals surface area contributed by atoms with Crippen LogP contribution in [0.15, 0.2) is 84.6 Å². The maximum absolute atomic E-state index is 15.2. The van der Waals surface area contributed by atoms with Crippen LogP contribution in [0.1, 0.15) is 109 Å². The molecular weight excluding hydrogens is 1410 g/mol. The molecule has 1 saturated heterocycles. The Bertz CT molecular complexity index is 3700. The molecule has 584 valence electrons. The SMILES string of the molecule is CC[C@H](C)[C@H](NC(=O)[C@H](Cc1ccc(O)cc1)NC(=O)[C@@H](NC(=O)[C@H](CCCN=C(N)N)NC(=O)[C@H](CC(=O)O)NC(=O)CNC(=O)CNC(=O)[C@@H](N)CS)C(C)C)C(=O)N[C@@H](Cc1cnc[nH]1)C(=O)N1CCC[C@H]1C(=O)N[C@@H](Cc1ccccc1)C(=O)N[C@@H](Cc1cnc[nH]1)C(=O)N[C@@H](CC(C)C)C(=O)O. The van der Waals surface area contributed by atoms with Gasteiger partial charge in [0.25, 0.3) is 0 Å². The number of aromatic nitrogens is 4. The molecule has 1 fully saturated rings. The molecule has 3 heterocycles. The van der Waals surface area contributed by atoms with Gasteiger partial charge in [-0.2, -0.15) is 12.6 Å². The number of guanidine groups is 1. The van der Waals surface area contributed by atoms with Crippen LogP contribution in [-0.2, 0) is 92.8 Å². The Labute approximate surface area is 623 Å². The molecule has 12 amide bonds. The largest absolute Gasteiger partial charge is 0.508 e. The lowest BCUT2D eigenvalue weighted by Crippen LogP contribution is -2.62. The number of carbonyl (C=O) groups excluding carboxylic acids is 12. The van der Waals surface area contributed by atoms with E-state index in [0.717, 1.165) is 0 Å². The Kier molecular flexibility index (Phi) is 35.0. The van der Waals surface area contributed by atoms with Crippen molar-refractivity contribution in [2.24, 2.45) is 39.9 Å². The molecule has 0 spiro atoms. The summed E-state index contributed by atoms with van der Waals surface area (Å²) in [5.74, 6) is -15.5. The zero-order chi connectivity index (χ0) is 79.0. The van der Waals surface area contributed by atoms with Gasteiger partial charge in [0.2, 0.25) is 70.9 Å². The number of aromatic hydroxyl groups is 1. The van der Waals surface area contributed by atoms with Crippen LogP contribution in [0, 0.1) is 17.8 Å². The molecule has 5 rings (SSSR count). The Balaban J connectivity index is 1.39. The second kappa shape index (κ2) is 43.3. The number of nitrogens with one attached hydrogen (secondary N) is 13. The van der Waals surface area contributed by atoms with Crippen LogP contribution >= 0.6 is 12.6 Å². The van der Waals surface area contributed by atoms with Crippen molar-refractivity contribution in [1.29, 1.82) is 0 Å². The van der Waals surface area contributed by atoms with Crippen molar-refractivity contribution in [3.63, 3.8) is 0 Å². The molecule has 38 heteroatoms. The van der Waals surface area contributed by atoms with E-state index < -0.39 is 181 Å². The summed E-state index contributed by atoms with van der Waals surface area (Å²) in [6.07, 6.45) is 4.36. The minimum absolute atomic E-state index is 0.0117. The maximum Gasteiger partial charge on any atom is 0.326 e. The summed E-state index contributed by atoms with van der Waals surface area (Å²) >= 11 is 3.92. The standard InChI is InChI=1S/C69H100N20O17S/c1-7-38(6)57(66(103)85-50(27-42-30-74-35-79-42)67(104)89-22-12-16-52(89)64(101)83-46(24-39-13-9-8-10-14-39)60(97)82-48(26-41-29-73-34-78-41)61(98)86-51(68(105)106)23-36(2)3)88-63(100)47(25-40-17-19-43(90)20-18-40)84-65(102)56(37(4)5)87-59(96)45(15-11-21-75-69(71)72)81-62(99)49(28-55(93)94)80-54(92)32-76-53(91)31-77-58(95)44(70)33-107/h8-10,13-14,17-20,29-30,34-38,44-52,56-57,90,107H,7,11-12,15-16,21-28,31-33,70H2,1-6H3,(H,73,78)(H,74,79)(H,76,91)(H,77,95)(H,80,92)(H,81,99)(H,82,97)(H,83,101)(H,84,102)(H,85,103)(H,86,98)(H,87,96)(H,88,100)(H,93,94)(H,105,106)(H4,71,72,75)/t38-,44-,45-,46-,47-,48-,49-,50-,51-,52-,56-,57-/m0/s1. The van der Waals surface area contributed by atoms with Gasteiger partial charge in [-0.1, -0.05) is 90.4 Å². The molecule has 2 aromatic heterocycles. The Morgan fingerprint density at radius 1 is 0.598 bits per heavy atom. The minimum atomic E-state index is -1.85. The van der Waals surface area contributed by atoms with E-state index in [-0.39, 0.29) is 94.3 Å². The number of H-pyrrole nitrogens is 2. The van der Waals surface area contributed by atoms with E-state index in [9.17, 15) is 72.9 Å². The van der Waals surface area contributed by atoms with Gasteiger partial charge in [0, 0.05) is 68.3 Å². The predicted molar refractivity (Wildman–Crippen MR) is 390 cm³/mol. The van der Waals surface area contributed by atoms with E-state index in [1.165, 1.54) is 54.2 Å². The van der Waals surface area contributed by atoms with Crippen molar-refractivity contribution in [2.45, 2.75) is 179 Å². The van der Waals surface area contributed by atoms with Crippen molar-refractivity contribution in [3.8, 4) is 5.75 Å². The third-order valence-electron chi connectivity index (χ3n) is 17.3. The third kappa shape index (κ3) is 29.0. The molecule has 107 heavy (non-hydrogen) atoms. The number of thiol groups is 1. The Hall–Kier alpha value is -11.2. The average Bonchev–Trinajstić information content (AvgIpc) is 1.71. The summed E-state index contributed by atoms with van der Waals surface area (Å²) in [7, 11) is 0. The number of nitrogens with two attached hydrogens (primary N) is 3. The first-order valence-corrected chi connectivity index (χ1v) is 35.6. The zero-order valence-electron chi connectivity index (χ0n) is 60.4. The highest BCUT2D eigenvalue weighted by Crippen LogP contribution is 2.22. The zero-order valence-corrected chi connectivity index (χ0v) is 61.3. The summed E-state index contributed by atoms with van der Waals surface area (Å²) in [6.45, 7) is 8.64. The molecule has 0 bridgehead atoms. The van der Waals surface area contributed by atoms with Gasteiger partial charge in [-0.05, 0) is 73.1 Å². The second-order valence-corrected chi connectivity index (χ2v) is 27.1. The highest BCUT2D eigenvalue weighted by atomic mass is 32.1. The lowest BCUT2D eigenvalue weighted by atomic mass is 9.96. The van der Waals surface area contributed by atoms with E-state index in [4.69, 9.17) is 17.2 Å². The maximum atomic E-state index is 15.2. The van der Waals surface area contributed by atoms with E-state index >= 15 is 9.59 Å². The summed E-state index contributed by atoms with van der Waals surface area (Å²) in [4.78, 5) is 212. The summed E-state index contributed by atoms with van der Waals surface area (Å²) < 4.78 is 0. The first kappa shape index (κ1) is 86.5. The number of benzene rings is 2. The number of likely N-dealkylation sites (tertiary alicyclic amines) is 1. The van der Waals surface area contributed by atoms with E-state index in [1.54, 1.807) is 71.9 Å². The fourth-order valence-corrected chi connectivity index (χ4v) is 11.5. The molecule has 2 aromatic carbocycles. The van der Waals surface area contributed by atoms with Gasteiger partial charge >= 0.3 is 11.9 Å². The van der Waals surface area contributed by atoms with Crippen LogP contribution in [0.2, 0.25) is 0 Å². The molecule has 0 aliphatic carbocycles. The van der Waals surface area contributed by atoms with Gasteiger partial charge in [-0.3, -0.25) is 67.3 Å². The van der Waals surface area contributed by atoms with E-state index in [0.29, 0.717) is 28.9 Å². The Morgan fingerprint density at radius 3 is 1.67 bits per heavy atom. The third-order valence-corrected chi connectivity index (χ3v) is 17.7. The number of rotatable bonds is 44. The minimum Gasteiger partial charge on any atom is -0.508 e. The van der Waals surface area contributed by atoms with Gasteiger partial charge in [-0.15, -0.1) is 0 Å². The van der Waals surface area contributed by atoms with Gasteiger partial charge < -0.3 is 106 Å². The van der Waals surface area contributed by atoms with Crippen molar-refractivity contribution < 1.29 is 82.4 Å². The second-order valence-electron chi connectivity index (χ2n) is 26.7. The number of carbonyl (C=O) groups is 14. The molecular formula is C69H100N20O17S. The first-order chi connectivity index (χ1) is 50.8. The molecule has 37 nitrogen and oxygen atoms in total. The fourth-order valence-electron chi connectivity index (χ4n) is 11.4. The molecule has 1 aliphatic heterocycles. The molecule has 4 aromatic rings. The topological polar surface area (TPSA) is 583 Å². The number of aromatic amines is 2. The number of aliphatic carboxylic acids is 2. The van der Waals surface area contributed by atoms with Crippen LogP contribution in [-0.4, -0.2) is 227 Å². The van der Waals surface area contributed by atoms with Crippen molar-refractivity contribution in [3.05, 3.63) is 102 Å². The molecule has 0 radical (unpaired) electrons. The fraction of sp³-hybridized carbons (Fsp3) is 0.522. The number of phenolic OH excluding ortho intramolecular Hbond substituents is 1. The molecule has 12 atom stereocenters. The van der Waals surface area contributed by atoms with Crippen molar-refractivity contribution in [1.82, 2.24) is 83.3 Å². The quantitative estimate of drug-likeness (QED) is 0.00877. The van der Waals surface area contributed by atoms with Crippen LogP contribution < -0.4 is 75.7 Å². The lowest BCUT2D eigenvalue weighted by molar-refractivity contribution is -0.143. The van der Waals surface area contributed by atoms with E-state index in [2.05, 4.69) is 96.0 Å². The highest BCUT2D eigenvalue weighted by molar-refractivity contribution is 7.80. The molecule has 0 saturated carbocycles. The number of carboxylic acids is 2. The molecule has 0 unspecified atom stereocenters. The normalized spacial score (nSPS) is 15.6. The Morgan fingerprint density at radius 2 is 1.11 bits per heavy atom. The number of hydrogen-bond donors (Lipinski definition) is 20. The van der Waals surface area contributed by atoms with Crippen molar-refractivity contribution in [2.75, 3.05) is 31.9 Å². The lowest BCUT2D eigenvalue weighted by Gasteiger charge is -2.32. The number of aliphatic imine (C=N–C) groups is 1. The smallest absolute Gasteiger partial charge is 0.326 e. The van der Waals surface area contributed by atoms with Gasteiger partial charge in [0.15, 0.2) is 5.96 Å². The summed E-state index contributed by atoms with van der Waals surface area (Å²) in [5.41, 5.74) is 18.4. The van der Waals surface area contributed by atoms with Crippen molar-refractivity contribution >= 4 is 101 Å². The monoisotopic (exact) mass is 1510 g/mol. The van der Waals surface area contributed by atoms with Crippen LogP contribution in [0.4, 0.5) is 0 Å². The highest BCUT2D eigenvalue weighted by Gasteiger charge is 2.42. The summed E-state index contributed by atoms with van der Waals surface area (Å²) in [6, 6.07) is -1.39. The van der Waals surface area contributed by atoms with Crippen LogP contribution in [0.5, 0.6) is 5.75 Å². The van der Waals surface area contributed by atoms with Gasteiger partial charge in [0.1, 0.15) is 66.2 Å². The van der Waals surface area contributed by atoms with Crippen LogP contribution in [0.25, 0.3) is 0 Å². The van der Waals surface area contributed by atoms with Gasteiger partial charge in [0.05, 0.1) is 38.2 Å². The number of amides is 12. The van der Waals surface area contributed by atoms with Gasteiger partial charge in [-0.25, -0.2) is 14.8 Å². The predicted octanol–water partition coefficient (Wildman–Crippen LogP) is -3.69. The van der Waals surface area contributed by atoms with Crippen LogP contribution in [0.3, 0.4) is 0 Å². The first-order valence-electron chi connectivity index (χ1n) is 35.0. The number of phenols is 1. The average molecular weight is 1510 g/mol. The molecule has 22 N–H and O–H groups in total. The number of hydrogen-bond acceptors (Lipinski definition) is 20. The molecule has 1 aliphatic rings. The summed E-state index contributed by atoms with van der Waals surface area (Å²) in [5, 5.41) is 58.0. The number of imidazole rings is 2. The number of carboxylic acid groups (broad SMARTS) is 2. The van der Waals surface area contributed by atoms with E-state index in [1.807, 2.05) is 0 Å².